The van der Waals surface area contributed by atoms with Crippen molar-refractivity contribution in [3.63, 3.8) is 0 Å². The van der Waals surface area contributed by atoms with Gasteiger partial charge in [-0.15, -0.1) is 0 Å². The largest absolute Gasteiger partial charge is 0.330 e. The van der Waals surface area contributed by atoms with Crippen LogP contribution in [0.5, 0.6) is 0 Å². The molecule has 2 amide bonds. The number of nitrogens with one attached hydrogen (secondary N) is 2. The lowest BCUT2D eigenvalue weighted by Gasteiger charge is -2.12. The van der Waals surface area contributed by atoms with Crippen molar-refractivity contribution in [3.05, 3.63) is 59.2 Å². The fourth-order valence-electron chi connectivity index (χ4n) is 2.22. The molecule has 0 spiro atoms. The molecule has 0 saturated carbocycles. The Kier molecular flexibility index (Phi) is 6.09. The van der Waals surface area contributed by atoms with Gasteiger partial charge in [0.2, 0.25) is 5.91 Å². The summed E-state index contributed by atoms with van der Waals surface area (Å²) in [6.45, 7) is 4.37. The van der Waals surface area contributed by atoms with Gasteiger partial charge >= 0.3 is 0 Å². The van der Waals surface area contributed by atoms with Gasteiger partial charge in [-0.3, -0.25) is 9.59 Å². The molecule has 5 heteroatoms. The second-order valence-electron chi connectivity index (χ2n) is 5.79. The van der Waals surface area contributed by atoms with Gasteiger partial charge in [0, 0.05) is 23.4 Å². The van der Waals surface area contributed by atoms with Gasteiger partial charge in [0.05, 0.1) is 0 Å². The number of aryl methyl sites for hydroxylation is 2. The standard InChI is InChI=1S/C19H23N3O2/c1-13-5-8-15(9-6-13)19(24)21-16-10-7-14(2)17(12-16)22-18(23)4-3-11-20/h5-10,12H,3-4,11,20H2,1-2H3,(H,21,24)(H,22,23). The summed E-state index contributed by atoms with van der Waals surface area (Å²) < 4.78 is 0. The molecule has 0 unspecified atom stereocenters. The molecule has 0 radical (unpaired) electrons. The summed E-state index contributed by atoms with van der Waals surface area (Å²) in [5.41, 5.74) is 9.38. The van der Waals surface area contributed by atoms with Crippen molar-refractivity contribution in [2.24, 2.45) is 5.73 Å². The summed E-state index contributed by atoms with van der Waals surface area (Å²) in [7, 11) is 0. The Hall–Kier alpha value is -2.66. The molecule has 24 heavy (non-hydrogen) atoms. The van der Waals surface area contributed by atoms with Crippen LogP contribution in [0.2, 0.25) is 0 Å². The molecule has 0 aliphatic carbocycles. The van der Waals surface area contributed by atoms with E-state index in [1.165, 1.54) is 0 Å². The highest BCUT2D eigenvalue weighted by Crippen LogP contribution is 2.21. The molecular formula is C19H23N3O2. The van der Waals surface area contributed by atoms with Crippen LogP contribution in [0.3, 0.4) is 0 Å². The third kappa shape index (κ3) is 4.93. The summed E-state index contributed by atoms with van der Waals surface area (Å²) in [5, 5.41) is 5.71. The Morgan fingerprint density at radius 3 is 2.38 bits per heavy atom. The maximum atomic E-state index is 12.3. The van der Waals surface area contributed by atoms with Crippen molar-refractivity contribution in [3.8, 4) is 0 Å². The third-order valence-corrected chi connectivity index (χ3v) is 3.69. The average molecular weight is 325 g/mol. The van der Waals surface area contributed by atoms with Gasteiger partial charge in [-0.25, -0.2) is 0 Å². The van der Waals surface area contributed by atoms with Crippen molar-refractivity contribution in [2.75, 3.05) is 17.2 Å². The maximum Gasteiger partial charge on any atom is 0.255 e. The van der Waals surface area contributed by atoms with Crippen LogP contribution in [0.4, 0.5) is 11.4 Å². The van der Waals surface area contributed by atoms with E-state index in [4.69, 9.17) is 5.73 Å². The quantitative estimate of drug-likeness (QED) is 0.762. The molecule has 0 aliphatic rings. The van der Waals surface area contributed by atoms with Gasteiger partial charge in [-0.2, -0.15) is 0 Å². The molecule has 2 rings (SSSR count). The summed E-state index contributed by atoms with van der Waals surface area (Å²) >= 11 is 0. The van der Waals surface area contributed by atoms with Crippen molar-refractivity contribution in [2.45, 2.75) is 26.7 Å². The smallest absolute Gasteiger partial charge is 0.255 e. The third-order valence-electron chi connectivity index (χ3n) is 3.69. The van der Waals surface area contributed by atoms with Gasteiger partial charge in [0.25, 0.3) is 5.91 Å². The molecule has 0 heterocycles. The Bertz CT molecular complexity index is 724. The number of nitrogens with two attached hydrogens (primary N) is 1. The van der Waals surface area contributed by atoms with Crippen LogP contribution in [0.25, 0.3) is 0 Å². The molecule has 4 N–H and O–H groups in total. The first-order chi connectivity index (χ1) is 11.5. The van der Waals surface area contributed by atoms with Crippen LogP contribution in [0.1, 0.15) is 34.3 Å². The van der Waals surface area contributed by atoms with E-state index >= 15 is 0 Å². The first-order valence-corrected chi connectivity index (χ1v) is 7.98. The van der Waals surface area contributed by atoms with Gasteiger partial charge in [0.15, 0.2) is 0 Å². The van der Waals surface area contributed by atoms with Crippen LogP contribution in [0.15, 0.2) is 42.5 Å². The van der Waals surface area contributed by atoms with E-state index in [9.17, 15) is 9.59 Å². The van der Waals surface area contributed by atoms with E-state index < -0.39 is 0 Å². The zero-order valence-electron chi connectivity index (χ0n) is 14.1. The fourth-order valence-corrected chi connectivity index (χ4v) is 2.22. The fraction of sp³-hybridized carbons (Fsp3) is 0.263. The second-order valence-corrected chi connectivity index (χ2v) is 5.79. The van der Waals surface area contributed by atoms with E-state index in [-0.39, 0.29) is 11.8 Å². The SMILES string of the molecule is Cc1ccc(C(=O)Nc2ccc(C)c(NC(=O)CCCN)c2)cc1. The zero-order valence-corrected chi connectivity index (χ0v) is 14.1. The Morgan fingerprint density at radius 1 is 1.00 bits per heavy atom. The van der Waals surface area contributed by atoms with Gasteiger partial charge in [-0.05, 0) is 56.6 Å². The summed E-state index contributed by atoms with van der Waals surface area (Å²) in [4.78, 5) is 24.1. The number of anilines is 2. The molecule has 0 aromatic heterocycles. The maximum absolute atomic E-state index is 12.3. The molecule has 5 nitrogen and oxygen atoms in total. The van der Waals surface area contributed by atoms with E-state index in [0.717, 1.165) is 11.1 Å². The number of carbonyl (C=O) groups is 2. The molecular weight excluding hydrogens is 302 g/mol. The number of hydrogen-bond acceptors (Lipinski definition) is 3. The molecule has 2 aromatic rings. The Labute approximate surface area is 142 Å². The highest BCUT2D eigenvalue weighted by atomic mass is 16.2. The molecule has 2 aromatic carbocycles. The van der Waals surface area contributed by atoms with Gasteiger partial charge in [-0.1, -0.05) is 23.8 Å². The molecule has 0 aliphatic heterocycles. The first-order valence-electron chi connectivity index (χ1n) is 7.98. The lowest BCUT2D eigenvalue weighted by molar-refractivity contribution is -0.116. The lowest BCUT2D eigenvalue weighted by atomic mass is 10.1. The van der Waals surface area contributed by atoms with Crippen molar-refractivity contribution in [1.29, 1.82) is 0 Å². The molecule has 0 atom stereocenters. The Morgan fingerprint density at radius 2 is 1.71 bits per heavy atom. The Balaban J connectivity index is 2.08. The van der Waals surface area contributed by atoms with E-state index in [2.05, 4.69) is 10.6 Å². The number of rotatable bonds is 6. The summed E-state index contributed by atoms with van der Waals surface area (Å²) in [6, 6.07) is 12.8. The lowest BCUT2D eigenvalue weighted by Crippen LogP contribution is -2.15. The predicted octanol–water partition coefficient (Wildman–Crippen LogP) is 3.23. The molecule has 0 bridgehead atoms. The van der Waals surface area contributed by atoms with Crippen LogP contribution < -0.4 is 16.4 Å². The number of carbonyl (C=O) groups excluding carboxylic acids is 2. The van der Waals surface area contributed by atoms with Gasteiger partial charge in [0.1, 0.15) is 0 Å². The number of hydrogen-bond donors (Lipinski definition) is 3. The van der Waals surface area contributed by atoms with Crippen molar-refractivity contribution in [1.82, 2.24) is 0 Å². The molecule has 0 saturated heterocycles. The first kappa shape index (κ1) is 17.7. The topological polar surface area (TPSA) is 84.2 Å². The summed E-state index contributed by atoms with van der Waals surface area (Å²) in [6.07, 6.45) is 1.03. The molecule has 126 valence electrons. The van der Waals surface area contributed by atoms with Crippen molar-refractivity contribution >= 4 is 23.2 Å². The predicted molar refractivity (Wildman–Crippen MR) is 97.2 cm³/mol. The minimum absolute atomic E-state index is 0.0782. The molecule has 0 fully saturated rings. The van der Waals surface area contributed by atoms with Crippen LogP contribution >= 0.6 is 0 Å². The highest BCUT2D eigenvalue weighted by molar-refractivity contribution is 6.04. The normalized spacial score (nSPS) is 10.3. The minimum atomic E-state index is -0.181. The second kappa shape index (κ2) is 8.26. The van der Waals surface area contributed by atoms with E-state index in [1.54, 1.807) is 18.2 Å². The average Bonchev–Trinajstić information content (AvgIpc) is 2.56. The highest BCUT2D eigenvalue weighted by Gasteiger charge is 2.09. The number of benzene rings is 2. The summed E-state index contributed by atoms with van der Waals surface area (Å²) in [5.74, 6) is -0.259. The zero-order chi connectivity index (χ0) is 17.5. The monoisotopic (exact) mass is 325 g/mol. The van der Waals surface area contributed by atoms with Crippen molar-refractivity contribution < 1.29 is 9.59 Å². The van der Waals surface area contributed by atoms with Crippen LogP contribution in [-0.4, -0.2) is 18.4 Å². The number of amides is 2. The van der Waals surface area contributed by atoms with Gasteiger partial charge < -0.3 is 16.4 Å². The van der Waals surface area contributed by atoms with E-state index in [0.29, 0.717) is 36.3 Å². The van der Waals surface area contributed by atoms with Crippen LogP contribution in [-0.2, 0) is 4.79 Å². The van der Waals surface area contributed by atoms with Crippen LogP contribution in [0, 0.1) is 13.8 Å². The minimum Gasteiger partial charge on any atom is -0.330 e. The van der Waals surface area contributed by atoms with E-state index in [1.807, 2.05) is 38.1 Å².